The number of benzene rings is 2. The Morgan fingerprint density at radius 3 is 2.45 bits per heavy atom. The molecule has 1 heterocycles. The second kappa shape index (κ2) is 8.50. The molecule has 0 radical (unpaired) electrons. The van der Waals surface area contributed by atoms with E-state index in [1.165, 1.54) is 4.68 Å². The number of hydrogen-bond donors (Lipinski definition) is 1. The summed E-state index contributed by atoms with van der Waals surface area (Å²) in [4.78, 5) is 26.4. The van der Waals surface area contributed by atoms with Gasteiger partial charge >= 0.3 is 0 Å². The van der Waals surface area contributed by atoms with Crippen LogP contribution in [0.3, 0.4) is 0 Å². The van der Waals surface area contributed by atoms with Crippen molar-refractivity contribution in [1.82, 2.24) is 9.78 Å². The lowest BCUT2D eigenvalue weighted by molar-refractivity contribution is -0.119. The van der Waals surface area contributed by atoms with Gasteiger partial charge in [0, 0.05) is 16.8 Å². The molecule has 1 atom stereocenters. The highest BCUT2D eigenvalue weighted by molar-refractivity contribution is 5.94. The zero-order valence-electron chi connectivity index (χ0n) is 18.7. The quantitative estimate of drug-likeness (QED) is 0.658. The molecule has 31 heavy (non-hydrogen) atoms. The van der Waals surface area contributed by atoms with Crippen molar-refractivity contribution in [3.63, 3.8) is 0 Å². The number of amides is 1. The van der Waals surface area contributed by atoms with Crippen LogP contribution in [0.4, 0.5) is 5.69 Å². The summed E-state index contributed by atoms with van der Waals surface area (Å²) in [5.41, 5.74) is 7.59. The molecule has 2 aromatic carbocycles. The fraction of sp³-hybridized carbons (Fsp3) is 0.346. The Balaban J connectivity index is 1.81. The molecule has 1 aliphatic rings. The second-order valence-electron chi connectivity index (χ2n) is 8.56. The van der Waals surface area contributed by atoms with Crippen molar-refractivity contribution >= 4 is 11.6 Å². The van der Waals surface area contributed by atoms with E-state index in [1.54, 1.807) is 6.92 Å². The monoisotopic (exact) mass is 415 g/mol. The molecule has 0 bridgehead atoms. The Bertz CT molecular complexity index is 1210. The largest absolute Gasteiger partial charge is 0.324 e. The van der Waals surface area contributed by atoms with Crippen molar-refractivity contribution in [2.45, 2.75) is 59.4 Å². The van der Waals surface area contributed by atoms with Gasteiger partial charge in [-0.3, -0.25) is 9.59 Å². The van der Waals surface area contributed by atoms with Crippen molar-refractivity contribution in [1.29, 1.82) is 0 Å². The number of para-hydroxylation sites is 1. The number of anilines is 1. The number of nitrogens with zero attached hydrogens (tertiary/aromatic N) is 2. The molecule has 1 N–H and O–H groups in total. The minimum Gasteiger partial charge on any atom is -0.324 e. The predicted octanol–water partition coefficient (Wildman–Crippen LogP) is 4.91. The zero-order chi connectivity index (χ0) is 22.1. The van der Waals surface area contributed by atoms with Crippen molar-refractivity contribution in [3.8, 4) is 11.3 Å². The van der Waals surface area contributed by atoms with Crippen molar-refractivity contribution in [2.24, 2.45) is 0 Å². The predicted molar refractivity (Wildman–Crippen MR) is 125 cm³/mol. The van der Waals surface area contributed by atoms with Crippen LogP contribution in [0.5, 0.6) is 0 Å². The van der Waals surface area contributed by atoms with Crippen LogP contribution in [0.15, 0.2) is 47.3 Å². The molecule has 0 spiro atoms. The first kappa shape index (κ1) is 21.0. The lowest BCUT2D eigenvalue weighted by Gasteiger charge is -2.23. The normalized spacial score (nSPS) is 14.1. The van der Waals surface area contributed by atoms with Gasteiger partial charge in [-0.2, -0.15) is 5.10 Å². The van der Waals surface area contributed by atoms with Gasteiger partial charge in [0.05, 0.1) is 5.69 Å². The third-order valence-corrected chi connectivity index (χ3v) is 6.23. The Labute approximate surface area is 183 Å². The number of aromatic nitrogens is 2. The van der Waals surface area contributed by atoms with Crippen molar-refractivity contribution in [2.75, 3.05) is 5.32 Å². The maximum atomic E-state index is 13.3. The molecule has 1 unspecified atom stereocenters. The highest BCUT2D eigenvalue weighted by Gasteiger charge is 2.26. The van der Waals surface area contributed by atoms with Crippen LogP contribution in [0.2, 0.25) is 0 Å². The average molecular weight is 416 g/mol. The summed E-state index contributed by atoms with van der Waals surface area (Å²) in [5.74, 6) is -0.244. The summed E-state index contributed by atoms with van der Waals surface area (Å²) >= 11 is 0. The van der Waals surface area contributed by atoms with Crippen LogP contribution < -0.4 is 10.9 Å². The molecule has 3 aromatic rings. The van der Waals surface area contributed by atoms with Gasteiger partial charge in [0.2, 0.25) is 5.91 Å². The van der Waals surface area contributed by atoms with E-state index in [0.717, 1.165) is 70.4 Å². The van der Waals surface area contributed by atoms with Crippen LogP contribution in [0.1, 0.15) is 53.6 Å². The van der Waals surface area contributed by atoms with Gasteiger partial charge in [-0.15, -0.1) is 0 Å². The lowest BCUT2D eigenvalue weighted by Crippen LogP contribution is -2.37. The van der Waals surface area contributed by atoms with Gasteiger partial charge in [0.15, 0.2) is 0 Å². The summed E-state index contributed by atoms with van der Waals surface area (Å²) in [5, 5.41) is 7.74. The van der Waals surface area contributed by atoms with Crippen LogP contribution in [0.25, 0.3) is 11.3 Å². The Kier molecular flexibility index (Phi) is 5.77. The third-order valence-electron chi connectivity index (χ3n) is 6.23. The standard InChI is InChI=1S/C26H29N3O2/c1-16-13-14-17(2)22(15-16)24-20-10-6-7-11-21(20)26(31)29(28-24)19(4)25(30)27-23-12-8-5-9-18(23)3/h5,8-9,12-15,19H,6-7,10-11H2,1-4H3,(H,27,30). The molecule has 1 amide bonds. The van der Waals surface area contributed by atoms with Gasteiger partial charge < -0.3 is 5.32 Å². The summed E-state index contributed by atoms with van der Waals surface area (Å²) in [6, 6.07) is 13.2. The van der Waals surface area contributed by atoms with Crippen LogP contribution in [-0.4, -0.2) is 15.7 Å². The van der Waals surface area contributed by atoms with E-state index in [2.05, 4.69) is 37.4 Å². The van der Waals surface area contributed by atoms with Crippen molar-refractivity contribution in [3.05, 3.63) is 80.6 Å². The van der Waals surface area contributed by atoms with E-state index < -0.39 is 6.04 Å². The molecular formula is C26H29N3O2. The fourth-order valence-corrected chi connectivity index (χ4v) is 4.29. The van der Waals surface area contributed by atoms with Crippen molar-refractivity contribution < 1.29 is 4.79 Å². The summed E-state index contributed by atoms with van der Waals surface area (Å²) in [6.45, 7) is 7.81. The van der Waals surface area contributed by atoms with E-state index in [-0.39, 0.29) is 11.5 Å². The first-order valence-corrected chi connectivity index (χ1v) is 11.0. The second-order valence-corrected chi connectivity index (χ2v) is 8.56. The van der Waals surface area contributed by atoms with E-state index in [9.17, 15) is 9.59 Å². The maximum absolute atomic E-state index is 13.3. The molecule has 4 rings (SSSR count). The zero-order valence-corrected chi connectivity index (χ0v) is 18.7. The minimum absolute atomic E-state index is 0.142. The minimum atomic E-state index is -0.719. The smallest absolute Gasteiger partial charge is 0.271 e. The average Bonchev–Trinajstić information content (AvgIpc) is 2.77. The lowest BCUT2D eigenvalue weighted by atomic mass is 9.88. The highest BCUT2D eigenvalue weighted by Crippen LogP contribution is 2.31. The molecule has 160 valence electrons. The Morgan fingerprint density at radius 1 is 1.00 bits per heavy atom. The number of carbonyl (C=O) groups is 1. The number of rotatable bonds is 4. The molecule has 0 aliphatic heterocycles. The molecule has 0 fully saturated rings. The Morgan fingerprint density at radius 2 is 1.71 bits per heavy atom. The van der Waals surface area contributed by atoms with Crippen LogP contribution >= 0.6 is 0 Å². The molecular weight excluding hydrogens is 386 g/mol. The summed E-state index contributed by atoms with van der Waals surface area (Å²) < 4.78 is 1.38. The maximum Gasteiger partial charge on any atom is 0.271 e. The number of hydrogen-bond acceptors (Lipinski definition) is 3. The molecule has 0 saturated carbocycles. The summed E-state index contributed by atoms with van der Waals surface area (Å²) in [7, 11) is 0. The number of carbonyl (C=O) groups excluding carboxylic acids is 1. The van der Waals surface area contributed by atoms with Crippen LogP contribution in [-0.2, 0) is 17.6 Å². The first-order valence-electron chi connectivity index (χ1n) is 11.0. The van der Waals surface area contributed by atoms with Gasteiger partial charge in [-0.1, -0.05) is 35.9 Å². The molecule has 0 saturated heterocycles. The fourth-order valence-electron chi connectivity index (χ4n) is 4.29. The van der Waals surface area contributed by atoms with Gasteiger partial charge in [0.25, 0.3) is 5.56 Å². The third kappa shape index (κ3) is 4.05. The molecule has 5 heteroatoms. The number of nitrogens with one attached hydrogen (secondary N) is 1. The van der Waals surface area contributed by atoms with Gasteiger partial charge in [0.1, 0.15) is 6.04 Å². The van der Waals surface area contributed by atoms with Gasteiger partial charge in [-0.05, 0) is 82.2 Å². The summed E-state index contributed by atoms with van der Waals surface area (Å²) in [6.07, 6.45) is 3.63. The highest BCUT2D eigenvalue weighted by atomic mass is 16.2. The topological polar surface area (TPSA) is 64.0 Å². The first-order chi connectivity index (χ1) is 14.9. The SMILES string of the molecule is Cc1ccc(C)c(-c2nn(C(C)C(=O)Nc3ccccc3C)c(=O)c3c2CCCC3)c1. The van der Waals surface area contributed by atoms with E-state index >= 15 is 0 Å². The van der Waals surface area contributed by atoms with E-state index in [4.69, 9.17) is 5.10 Å². The molecule has 1 aromatic heterocycles. The molecule has 5 nitrogen and oxygen atoms in total. The van der Waals surface area contributed by atoms with E-state index in [1.807, 2.05) is 31.2 Å². The van der Waals surface area contributed by atoms with Gasteiger partial charge in [-0.25, -0.2) is 4.68 Å². The van der Waals surface area contributed by atoms with Crippen LogP contribution in [0, 0.1) is 20.8 Å². The van der Waals surface area contributed by atoms with E-state index in [0.29, 0.717) is 0 Å². The number of aryl methyl sites for hydroxylation is 3. The number of fused-ring (bicyclic) bond motifs is 1. The Hall–Kier alpha value is -3.21. The molecule has 1 aliphatic carbocycles.